The zero-order valence-electron chi connectivity index (χ0n) is 32.9. The van der Waals surface area contributed by atoms with E-state index >= 15 is 0 Å². The van der Waals surface area contributed by atoms with E-state index in [1.165, 1.54) is 0 Å². The fraction of sp³-hybridized carbons (Fsp3) is 0.800. The molecule has 0 aliphatic heterocycles. The molecule has 0 aliphatic carbocycles. The highest BCUT2D eigenvalue weighted by molar-refractivity contribution is 7.96. The van der Waals surface area contributed by atoms with E-state index in [2.05, 4.69) is 16.0 Å². The predicted octanol–water partition coefficient (Wildman–Crippen LogP) is -3.48. The van der Waals surface area contributed by atoms with Crippen molar-refractivity contribution in [2.45, 2.75) is 58.2 Å². The summed E-state index contributed by atoms with van der Waals surface area (Å²) in [6.07, 6.45) is 6.26. The van der Waals surface area contributed by atoms with Gasteiger partial charge in [0.2, 0.25) is 0 Å². The third kappa shape index (κ3) is 49.3. The van der Waals surface area contributed by atoms with E-state index in [1.54, 1.807) is 20.8 Å². The van der Waals surface area contributed by atoms with Crippen molar-refractivity contribution in [1.29, 1.82) is 0 Å². The minimum Gasteiger partial charge on any atom is -0.822 e. The first-order valence-corrected chi connectivity index (χ1v) is 24.5. The van der Waals surface area contributed by atoms with Gasteiger partial charge in [0, 0.05) is 19.3 Å². The summed E-state index contributed by atoms with van der Waals surface area (Å²) >= 11 is 0. The molecule has 0 aromatic rings. The molecule has 0 aliphatic rings. The number of hydrogen-bond donors (Lipinski definition) is 9. The Morgan fingerprint density at radius 3 is 0.893 bits per heavy atom. The van der Waals surface area contributed by atoms with Crippen LogP contribution in [0.3, 0.4) is 0 Å². The molecule has 6 atom stereocenters. The van der Waals surface area contributed by atoms with Crippen LogP contribution in [0.1, 0.15) is 40.0 Å². The SMILES string of the molecule is CCOC(=O)NCC[S+](C)CCC(N)C(=O)O.CCOC(=O)NCC[S+](C)CCC(N)C(=O)O.CCOC(=O)NCC[S+](C)CCC(N)C(=O)O.O=P([O-])([O-])[O-]. The molecule has 0 aromatic heterocycles. The maximum absolute atomic E-state index is 11.0. The molecule has 12 N–H and O–H groups in total. The van der Waals surface area contributed by atoms with Crippen molar-refractivity contribution >= 4 is 76.7 Å². The van der Waals surface area contributed by atoms with Crippen LogP contribution in [0.25, 0.3) is 0 Å². The van der Waals surface area contributed by atoms with Crippen molar-refractivity contribution in [2.75, 3.05) is 92.7 Å². The number of carbonyl (C=O) groups is 6. The zero-order valence-corrected chi connectivity index (χ0v) is 36.2. The lowest BCUT2D eigenvalue weighted by Gasteiger charge is -2.36. The van der Waals surface area contributed by atoms with Gasteiger partial charge in [0.05, 0.1) is 58.2 Å². The van der Waals surface area contributed by atoms with E-state index in [-0.39, 0.29) is 32.7 Å². The maximum Gasteiger partial charge on any atom is 0.407 e. The normalized spacial score (nSPS) is 13.6. The lowest BCUT2D eigenvalue weighted by molar-refractivity contribution is -0.432. The Balaban J connectivity index is -0.000000340. The molecule has 0 saturated carbocycles. The van der Waals surface area contributed by atoms with Crippen LogP contribution in [0.5, 0.6) is 0 Å². The number of nitrogens with one attached hydrogen (secondary N) is 3. The number of aliphatic carboxylic acids is 3. The molecule has 26 heteroatoms. The number of ether oxygens (including phenoxy) is 3. The lowest BCUT2D eigenvalue weighted by Crippen LogP contribution is -2.34. The van der Waals surface area contributed by atoms with E-state index in [1.807, 2.05) is 18.8 Å². The van der Waals surface area contributed by atoms with Crippen LogP contribution in [0.15, 0.2) is 0 Å². The number of rotatable bonds is 24. The van der Waals surface area contributed by atoms with E-state index in [0.717, 1.165) is 34.5 Å². The first-order chi connectivity index (χ1) is 25.9. The Morgan fingerprint density at radius 2 is 0.732 bits per heavy atom. The van der Waals surface area contributed by atoms with E-state index in [0.29, 0.717) is 58.7 Å². The standard InChI is InChI=1S/3C10H20N2O4S.H3O4P/c3*1-3-16-10(15)12-5-7-17(2)6-4-8(11)9(13)14;1-5(2,3)4/h3*8H,3-7,11H2,1-2H3,(H-,12,13,14,15);(H3,1,2,3,4). The van der Waals surface area contributed by atoms with Crippen molar-refractivity contribution in [1.82, 2.24) is 16.0 Å². The number of alkyl carbamates (subject to hydrolysis) is 3. The third-order valence-electron chi connectivity index (χ3n) is 6.27. The number of carboxylic acids is 3. The molecule has 0 spiro atoms. The van der Waals surface area contributed by atoms with Crippen molar-refractivity contribution in [2.24, 2.45) is 17.2 Å². The number of carbonyl (C=O) groups excluding carboxylic acids is 3. The van der Waals surface area contributed by atoms with E-state index in [4.69, 9.17) is 66.0 Å². The fourth-order valence-electron chi connectivity index (χ4n) is 3.19. The molecule has 6 unspecified atom stereocenters. The molecule has 22 nitrogen and oxygen atoms in total. The number of nitrogens with two attached hydrogens (primary N) is 3. The van der Waals surface area contributed by atoms with Crippen molar-refractivity contribution < 1.29 is 77.5 Å². The Morgan fingerprint density at radius 1 is 0.536 bits per heavy atom. The summed E-state index contributed by atoms with van der Waals surface area (Å²) in [5, 5.41) is 33.7. The highest BCUT2D eigenvalue weighted by atomic mass is 32.2. The second kappa shape index (κ2) is 37.8. The molecule has 332 valence electrons. The summed E-state index contributed by atoms with van der Waals surface area (Å²) in [6.45, 7) is 7.94. The Kier molecular flexibility index (Phi) is 40.5. The molecule has 0 rings (SSSR count). The first-order valence-electron chi connectivity index (χ1n) is 17.1. The molecule has 0 saturated heterocycles. The summed E-state index contributed by atoms with van der Waals surface area (Å²) < 4.78 is 22.7. The number of hydrogen-bond acceptors (Lipinski definition) is 16. The van der Waals surface area contributed by atoms with Gasteiger partial charge in [-0.2, -0.15) is 7.82 Å². The van der Waals surface area contributed by atoms with Crippen molar-refractivity contribution in [3.05, 3.63) is 0 Å². The minimum absolute atomic E-state index is 0.0589. The molecule has 56 heavy (non-hydrogen) atoms. The van der Waals surface area contributed by atoms with Gasteiger partial charge in [-0.3, -0.25) is 14.4 Å². The van der Waals surface area contributed by atoms with Gasteiger partial charge < -0.3 is 81.9 Å². The summed E-state index contributed by atoms with van der Waals surface area (Å²) in [4.78, 5) is 90.0. The smallest absolute Gasteiger partial charge is 0.407 e. The van der Waals surface area contributed by atoms with Gasteiger partial charge in [0.1, 0.15) is 52.6 Å². The number of carboxylic acid groups (broad SMARTS) is 3. The van der Waals surface area contributed by atoms with Gasteiger partial charge >= 0.3 is 36.2 Å². The van der Waals surface area contributed by atoms with Crippen LogP contribution < -0.4 is 47.8 Å². The van der Waals surface area contributed by atoms with E-state index < -0.39 is 62.1 Å². The molecule has 0 fully saturated rings. The lowest BCUT2D eigenvalue weighted by atomic mass is 10.2. The van der Waals surface area contributed by atoms with Crippen LogP contribution >= 0.6 is 7.82 Å². The van der Waals surface area contributed by atoms with Gasteiger partial charge in [0.25, 0.3) is 0 Å². The summed E-state index contributed by atoms with van der Waals surface area (Å²) in [5.74, 6) is 1.82. The summed E-state index contributed by atoms with van der Waals surface area (Å²) in [5.41, 5.74) is 16.2. The highest BCUT2D eigenvalue weighted by Crippen LogP contribution is 2.03. The highest BCUT2D eigenvalue weighted by Gasteiger charge is 2.20. The first kappa shape index (κ1) is 59.9. The van der Waals surface area contributed by atoms with Crippen LogP contribution in [0, 0.1) is 0 Å². The second-order valence-corrected chi connectivity index (χ2v) is 19.2. The topological polar surface area (TPSA) is 391 Å². The largest absolute Gasteiger partial charge is 0.822 e. The molecular formula is C30H63N6O16PS3. The van der Waals surface area contributed by atoms with Gasteiger partial charge in [-0.05, 0) is 53.5 Å². The summed E-state index contributed by atoms with van der Waals surface area (Å²) in [6, 6.07) is -2.37. The third-order valence-corrected chi connectivity index (χ3v) is 11.8. The zero-order chi connectivity index (χ0) is 44.3. The number of phosphoric acid groups is 1. The monoisotopic (exact) mass is 890 g/mol. The second-order valence-electron chi connectivity index (χ2n) is 11.2. The Labute approximate surface area is 337 Å². The molecule has 0 radical (unpaired) electrons. The van der Waals surface area contributed by atoms with Crippen LogP contribution in [0.2, 0.25) is 0 Å². The fourth-order valence-corrected chi connectivity index (χ4v) is 7.12. The quantitative estimate of drug-likeness (QED) is 0.0258. The molecular weight excluding hydrogens is 828 g/mol. The van der Waals surface area contributed by atoms with Crippen molar-refractivity contribution in [3.63, 3.8) is 0 Å². The van der Waals surface area contributed by atoms with Crippen LogP contribution in [-0.2, 0) is 65.8 Å². The average Bonchev–Trinajstić information content (AvgIpc) is 3.08. The number of amides is 3. The van der Waals surface area contributed by atoms with Gasteiger partial charge in [0.15, 0.2) is 0 Å². The molecule has 0 heterocycles. The molecule has 0 bridgehead atoms. The van der Waals surface area contributed by atoms with Gasteiger partial charge in [-0.15, -0.1) is 0 Å². The van der Waals surface area contributed by atoms with Gasteiger partial charge in [-0.25, -0.2) is 14.4 Å². The van der Waals surface area contributed by atoms with Crippen molar-refractivity contribution in [3.8, 4) is 0 Å². The molecule has 3 amide bonds. The average molecular weight is 891 g/mol. The van der Waals surface area contributed by atoms with Crippen LogP contribution in [-0.4, -0.2) is 162 Å². The maximum atomic E-state index is 11.0. The molecule has 0 aromatic carbocycles. The Bertz CT molecular complexity index is 1020. The predicted molar refractivity (Wildman–Crippen MR) is 212 cm³/mol. The van der Waals surface area contributed by atoms with E-state index in [9.17, 15) is 28.8 Å². The summed E-state index contributed by atoms with van der Waals surface area (Å²) in [7, 11) is -5.21. The minimum atomic E-state index is -5.39. The van der Waals surface area contributed by atoms with Crippen LogP contribution in [0.4, 0.5) is 14.4 Å². The Hall–Kier alpha value is -2.74. The van der Waals surface area contributed by atoms with Gasteiger partial charge in [-0.1, -0.05) is 0 Å².